The zero-order valence-corrected chi connectivity index (χ0v) is 15.7. The standard InChI is InChI=1S/C19H36N2O3/c1-19(2,3)24-14-17(22)13-21-10-8-16(9-11-21)20-18(23)12-15-6-4-5-7-15/h15-17,22H,4-14H2,1-3H3,(H,20,23). The average molecular weight is 341 g/mol. The third kappa shape index (κ3) is 7.49. The first kappa shape index (κ1) is 19.7. The first-order valence-electron chi connectivity index (χ1n) is 9.65. The monoisotopic (exact) mass is 340 g/mol. The molecule has 0 spiro atoms. The normalized spacial score (nSPS) is 22.7. The van der Waals surface area contributed by atoms with E-state index in [1.54, 1.807) is 0 Å². The first-order valence-corrected chi connectivity index (χ1v) is 9.65. The summed E-state index contributed by atoms with van der Waals surface area (Å²) in [7, 11) is 0. The molecular weight excluding hydrogens is 304 g/mol. The highest BCUT2D eigenvalue weighted by molar-refractivity contribution is 5.76. The fourth-order valence-corrected chi connectivity index (χ4v) is 3.72. The van der Waals surface area contributed by atoms with E-state index in [0.717, 1.165) is 25.9 Å². The molecule has 0 aromatic carbocycles. The number of β-amino-alcohol motifs (C(OH)–C–C–N with tert-alkyl or cyclic N) is 1. The molecule has 0 aromatic rings. The lowest BCUT2D eigenvalue weighted by molar-refractivity contribution is -0.123. The highest BCUT2D eigenvalue weighted by Crippen LogP contribution is 2.27. The van der Waals surface area contributed by atoms with Gasteiger partial charge in [0, 0.05) is 32.1 Å². The zero-order valence-electron chi connectivity index (χ0n) is 15.7. The molecule has 1 heterocycles. The van der Waals surface area contributed by atoms with Crippen molar-refractivity contribution in [1.29, 1.82) is 0 Å². The Balaban J connectivity index is 1.59. The first-order chi connectivity index (χ1) is 11.3. The lowest BCUT2D eigenvalue weighted by Crippen LogP contribution is -2.47. The van der Waals surface area contributed by atoms with E-state index < -0.39 is 6.10 Å². The maximum absolute atomic E-state index is 12.1. The molecule has 1 amide bonds. The van der Waals surface area contributed by atoms with Crippen LogP contribution in [0.25, 0.3) is 0 Å². The molecule has 1 saturated carbocycles. The van der Waals surface area contributed by atoms with Crippen molar-refractivity contribution in [3.63, 3.8) is 0 Å². The summed E-state index contributed by atoms with van der Waals surface area (Å²) in [5.41, 5.74) is -0.211. The maximum atomic E-state index is 12.1. The third-order valence-corrected chi connectivity index (χ3v) is 5.08. The summed E-state index contributed by atoms with van der Waals surface area (Å²) in [6.45, 7) is 8.89. The van der Waals surface area contributed by atoms with E-state index in [-0.39, 0.29) is 11.5 Å². The van der Waals surface area contributed by atoms with Crippen LogP contribution in [0.1, 0.15) is 65.7 Å². The van der Waals surface area contributed by atoms with Crippen LogP contribution < -0.4 is 5.32 Å². The number of piperidine rings is 1. The highest BCUT2D eigenvalue weighted by atomic mass is 16.5. The quantitative estimate of drug-likeness (QED) is 0.747. The Morgan fingerprint density at radius 1 is 1.21 bits per heavy atom. The number of amides is 1. The van der Waals surface area contributed by atoms with Gasteiger partial charge in [0.1, 0.15) is 0 Å². The van der Waals surface area contributed by atoms with Crippen molar-refractivity contribution >= 4 is 5.91 Å². The highest BCUT2D eigenvalue weighted by Gasteiger charge is 2.24. The van der Waals surface area contributed by atoms with Gasteiger partial charge >= 0.3 is 0 Å². The Morgan fingerprint density at radius 2 is 1.83 bits per heavy atom. The Hall–Kier alpha value is -0.650. The van der Waals surface area contributed by atoms with Crippen LogP contribution in [0, 0.1) is 5.92 Å². The molecular formula is C19H36N2O3. The van der Waals surface area contributed by atoms with Crippen molar-refractivity contribution in [2.45, 2.75) is 83.5 Å². The van der Waals surface area contributed by atoms with E-state index in [2.05, 4.69) is 10.2 Å². The summed E-state index contributed by atoms with van der Waals surface area (Å²) in [6.07, 6.45) is 7.24. The van der Waals surface area contributed by atoms with Crippen molar-refractivity contribution in [3.05, 3.63) is 0 Å². The third-order valence-electron chi connectivity index (χ3n) is 5.08. The Morgan fingerprint density at radius 3 is 2.42 bits per heavy atom. The number of carbonyl (C=O) groups excluding carboxylic acids is 1. The number of hydrogen-bond donors (Lipinski definition) is 2. The van der Waals surface area contributed by atoms with E-state index in [1.807, 2.05) is 20.8 Å². The molecule has 140 valence electrons. The molecule has 5 nitrogen and oxygen atoms in total. The molecule has 0 radical (unpaired) electrons. The molecule has 0 bridgehead atoms. The van der Waals surface area contributed by atoms with E-state index >= 15 is 0 Å². The topological polar surface area (TPSA) is 61.8 Å². The second-order valence-corrected chi connectivity index (χ2v) is 8.57. The largest absolute Gasteiger partial charge is 0.389 e. The van der Waals surface area contributed by atoms with Gasteiger partial charge in [0.2, 0.25) is 5.91 Å². The van der Waals surface area contributed by atoms with Crippen molar-refractivity contribution in [1.82, 2.24) is 10.2 Å². The molecule has 2 N–H and O–H groups in total. The van der Waals surface area contributed by atoms with Crippen LogP contribution in [0.4, 0.5) is 0 Å². The molecule has 1 aliphatic carbocycles. The van der Waals surface area contributed by atoms with Gasteiger partial charge in [0.05, 0.1) is 18.3 Å². The summed E-state index contributed by atoms with van der Waals surface area (Å²) in [5, 5.41) is 13.3. The predicted molar refractivity (Wildman–Crippen MR) is 95.9 cm³/mol. The second kappa shape index (κ2) is 9.16. The number of hydrogen-bond acceptors (Lipinski definition) is 4. The van der Waals surface area contributed by atoms with Crippen LogP contribution in [-0.2, 0) is 9.53 Å². The van der Waals surface area contributed by atoms with Gasteiger partial charge in [0.15, 0.2) is 0 Å². The van der Waals surface area contributed by atoms with Crippen LogP contribution >= 0.6 is 0 Å². The summed E-state index contributed by atoms with van der Waals surface area (Å²) in [6, 6.07) is 0.304. The lowest BCUT2D eigenvalue weighted by atomic mass is 10.0. The molecule has 5 heteroatoms. The summed E-state index contributed by atoms with van der Waals surface area (Å²) in [4.78, 5) is 14.4. The molecule has 24 heavy (non-hydrogen) atoms. The van der Waals surface area contributed by atoms with Crippen molar-refractivity contribution in [2.24, 2.45) is 5.92 Å². The van der Waals surface area contributed by atoms with Crippen LogP contribution in [0.2, 0.25) is 0 Å². The molecule has 0 aromatic heterocycles. The minimum absolute atomic E-state index is 0.211. The van der Waals surface area contributed by atoms with E-state index in [1.165, 1.54) is 25.7 Å². The summed E-state index contributed by atoms with van der Waals surface area (Å²) < 4.78 is 5.64. The molecule has 2 rings (SSSR count). The van der Waals surface area contributed by atoms with E-state index in [4.69, 9.17) is 4.74 Å². The van der Waals surface area contributed by atoms with Crippen LogP contribution in [0.5, 0.6) is 0 Å². The molecule has 2 aliphatic rings. The fraction of sp³-hybridized carbons (Fsp3) is 0.947. The molecule has 1 saturated heterocycles. The Bertz CT molecular complexity index is 381. The van der Waals surface area contributed by atoms with Crippen LogP contribution in [-0.4, -0.2) is 59.9 Å². The number of rotatable bonds is 7. The number of aliphatic hydroxyl groups excluding tert-OH is 1. The molecule has 1 aliphatic heterocycles. The molecule has 1 atom stereocenters. The zero-order chi connectivity index (χ0) is 17.6. The van der Waals surface area contributed by atoms with Gasteiger partial charge in [-0.15, -0.1) is 0 Å². The number of likely N-dealkylation sites (tertiary alicyclic amines) is 1. The van der Waals surface area contributed by atoms with Crippen LogP contribution in [0.3, 0.4) is 0 Å². The number of nitrogens with one attached hydrogen (secondary N) is 1. The van der Waals surface area contributed by atoms with E-state index in [0.29, 0.717) is 31.5 Å². The van der Waals surface area contributed by atoms with Gasteiger partial charge in [0.25, 0.3) is 0 Å². The predicted octanol–water partition coefficient (Wildman–Crippen LogP) is 2.32. The van der Waals surface area contributed by atoms with Gasteiger partial charge in [-0.1, -0.05) is 12.8 Å². The minimum atomic E-state index is -0.447. The van der Waals surface area contributed by atoms with E-state index in [9.17, 15) is 9.90 Å². The Labute approximate surface area is 147 Å². The Kier molecular flexibility index (Phi) is 7.51. The van der Waals surface area contributed by atoms with Crippen molar-refractivity contribution in [3.8, 4) is 0 Å². The molecule has 1 unspecified atom stereocenters. The van der Waals surface area contributed by atoms with Crippen molar-refractivity contribution in [2.75, 3.05) is 26.2 Å². The SMILES string of the molecule is CC(C)(C)OCC(O)CN1CCC(NC(=O)CC2CCCC2)CC1. The lowest BCUT2D eigenvalue weighted by Gasteiger charge is -2.34. The van der Waals surface area contributed by atoms with Crippen molar-refractivity contribution < 1.29 is 14.6 Å². The van der Waals surface area contributed by atoms with Gasteiger partial charge in [-0.3, -0.25) is 4.79 Å². The summed E-state index contributed by atoms with van der Waals surface area (Å²) in [5.74, 6) is 0.849. The van der Waals surface area contributed by atoms with Gasteiger partial charge < -0.3 is 20.1 Å². The number of aliphatic hydroxyl groups is 1. The van der Waals surface area contributed by atoms with Gasteiger partial charge in [-0.05, 0) is 52.4 Å². The summed E-state index contributed by atoms with van der Waals surface area (Å²) >= 11 is 0. The fourth-order valence-electron chi connectivity index (χ4n) is 3.72. The number of nitrogens with zero attached hydrogens (tertiary/aromatic N) is 1. The molecule has 2 fully saturated rings. The van der Waals surface area contributed by atoms with Crippen LogP contribution in [0.15, 0.2) is 0 Å². The van der Waals surface area contributed by atoms with Gasteiger partial charge in [-0.2, -0.15) is 0 Å². The maximum Gasteiger partial charge on any atom is 0.220 e. The average Bonchev–Trinajstić information content (AvgIpc) is 2.99. The number of carbonyl (C=O) groups is 1. The number of ether oxygens (including phenoxy) is 1. The minimum Gasteiger partial charge on any atom is -0.389 e. The second-order valence-electron chi connectivity index (χ2n) is 8.57. The smallest absolute Gasteiger partial charge is 0.220 e. The van der Waals surface area contributed by atoms with Gasteiger partial charge in [-0.25, -0.2) is 0 Å².